The largest absolute Gasteiger partial charge is 0.336 e. The number of amides is 1. The molecule has 132 valence electrons. The van der Waals surface area contributed by atoms with E-state index in [0.29, 0.717) is 23.8 Å². The molecule has 1 amide bonds. The van der Waals surface area contributed by atoms with Crippen LogP contribution in [0.1, 0.15) is 15.9 Å². The second-order valence-corrected chi connectivity index (χ2v) is 6.82. The maximum Gasteiger partial charge on any atom is 0.255 e. The zero-order valence-corrected chi connectivity index (χ0v) is 15.1. The molecular formula is C20H19ClN4O. The molecular weight excluding hydrogens is 348 g/mol. The van der Waals surface area contributed by atoms with Crippen LogP contribution in [0.15, 0.2) is 54.9 Å². The fourth-order valence-corrected chi connectivity index (χ4v) is 3.44. The van der Waals surface area contributed by atoms with Crippen molar-refractivity contribution in [2.24, 2.45) is 0 Å². The minimum Gasteiger partial charge on any atom is -0.336 e. The standard InChI is InChI=1S/C20H19ClN4O/c21-18-7-6-16(13-23-18)20(26)25-11-9-24(10-12-25)14-17-4-1-3-15-5-2-8-22-19(15)17/h1-8,13H,9-12,14H2. The van der Waals surface area contributed by atoms with Crippen molar-refractivity contribution in [3.05, 3.63) is 71.1 Å². The summed E-state index contributed by atoms with van der Waals surface area (Å²) in [4.78, 5) is 25.3. The van der Waals surface area contributed by atoms with Crippen molar-refractivity contribution in [3.8, 4) is 0 Å². The number of fused-ring (bicyclic) bond motifs is 1. The molecule has 1 aromatic carbocycles. The topological polar surface area (TPSA) is 49.3 Å². The van der Waals surface area contributed by atoms with E-state index in [0.717, 1.165) is 30.5 Å². The van der Waals surface area contributed by atoms with Gasteiger partial charge in [-0.2, -0.15) is 0 Å². The van der Waals surface area contributed by atoms with Crippen LogP contribution in [0.3, 0.4) is 0 Å². The Morgan fingerprint density at radius 1 is 1.00 bits per heavy atom. The van der Waals surface area contributed by atoms with E-state index in [2.05, 4.69) is 39.1 Å². The molecule has 6 heteroatoms. The molecule has 2 aromatic heterocycles. The number of carbonyl (C=O) groups excluding carboxylic acids is 1. The van der Waals surface area contributed by atoms with Crippen molar-refractivity contribution < 1.29 is 4.79 Å². The van der Waals surface area contributed by atoms with Crippen molar-refractivity contribution in [3.63, 3.8) is 0 Å². The number of aromatic nitrogens is 2. The molecule has 0 spiro atoms. The molecule has 1 aliphatic heterocycles. The molecule has 26 heavy (non-hydrogen) atoms. The average molecular weight is 367 g/mol. The summed E-state index contributed by atoms with van der Waals surface area (Å²) in [6, 6.07) is 13.7. The fraction of sp³-hybridized carbons (Fsp3) is 0.250. The molecule has 1 fully saturated rings. The van der Waals surface area contributed by atoms with Gasteiger partial charge in [0, 0.05) is 50.5 Å². The Kier molecular flexibility index (Phi) is 4.82. The predicted octanol–water partition coefficient (Wildman–Crippen LogP) is 3.24. The van der Waals surface area contributed by atoms with E-state index in [1.165, 1.54) is 5.56 Å². The Bertz CT molecular complexity index is 915. The van der Waals surface area contributed by atoms with Gasteiger partial charge in [0.2, 0.25) is 0 Å². The smallest absolute Gasteiger partial charge is 0.255 e. The van der Waals surface area contributed by atoms with Crippen LogP contribution < -0.4 is 0 Å². The van der Waals surface area contributed by atoms with Crippen LogP contribution in [-0.2, 0) is 6.54 Å². The number of para-hydroxylation sites is 1. The average Bonchev–Trinajstić information content (AvgIpc) is 2.69. The maximum absolute atomic E-state index is 12.6. The summed E-state index contributed by atoms with van der Waals surface area (Å²) in [5, 5.41) is 1.56. The Morgan fingerprint density at radius 3 is 2.58 bits per heavy atom. The van der Waals surface area contributed by atoms with Crippen LogP contribution in [0.4, 0.5) is 0 Å². The highest BCUT2D eigenvalue weighted by Gasteiger charge is 2.22. The molecule has 3 aromatic rings. The molecule has 0 radical (unpaired) electrons. The van der Waals surface area contributed by atoms with E-state index < -0.39 is 0 Å². The summed E-state index contributed by atoms with van der Waals surface area (Å²) >= 11 is 5.79. The molecule has 1 saturated heterocycles. The molecule has 0 bridgehead atoms. The van der Waals surface area contributed by atoms with Gasteiger partial charge in [0.15, 0.2) is 0 Å². The van der Waals surface area contributed by atoms with Gasteiger partial charge in [-0.15, -0.1) is 0 Å². The minimum absolute atomic E-state index is 0.0145. The highest BCUT2D eigenvalue weighted by Crippen LogP contribution is 2.19. The number of piperazine rings is 1. The van der Waals surface area contributed by atoms with E-state index >= 15 is 0 Å². The third-order valence-electron chi connectivity index (χ3n) is 4.74. The normalized spacial score (nSPS) is 15.3. The third-order valence-corrected chi connectivity index (χ3v) is 4.97. The van der Waals surface area contributed by atoms with E-state index in [9.17, 15) is 4.79 Å². The van der Waals surface area contributed by atoms with Crippen LogP contribution in [0.5, 0.6) is 0 Å². The van der Waals surface area contributed by atoms with Crippen LogP contribution in [-0.4, -0.2) is 51.9 Å². The molecule has 0 N–H and O–H groups in total. The zero-order chi connectivity index (χ0) is 17.9. The Morgan fingerprint density at radius 2 is 1.81 bits per heavy atom. The van der Waals surface area contributed by atoms with Gasteiger partial charge in [-0.1, -0.05) is 35.9 Å². The van der Waals surface area contributed by atoms with Gasteiger partial charge in [-0.3, -0.25) is 14.7 Å². The van der Waals surface area contributed by atoms with Crippen molar-refractivity contribution in [1.82, 2.24) is 19.8 Å². The summed E-state index contributed by atoms with van der Waals surface area (Å²) < 4.78 is 0. The lowest BCUT2D eigenvalue weighted by atomic mass is 10.1. The van der Waals surface area contributed by atoms with Crippen molar-refractivity contribution in [2.75, 3.05) is 26.2 Å². The lowest BCUT2D eigenvalue weighted by molar-refractivity contribution is 0.0628. The fourth-order valence-electron chi connectivity index (χ4n) is 3.33. The lowest BCUT2D eigenvalue weighted by Crippen LogP contribution is -2.48. The third kappa shape index (κ3) is 3.54. The number of carbonyl (C=O) groups is 1. The first-order chi connectivity index (χ1) is 12.7. The van der Waals surface area contributed by atoms with E-state index in [1.54, 1.807) is 18.3 Å². The number of hydrogen-bond donors (Lipinski definition) is 0. The summed E-state index contributed by atoms with van der Waals surface area (Å²) in [7, 11) is 0. The SMILES string of the molecule is O=C(c1ccc(Cl)nc1)N1CCN(Cc2cccc3cccnc23)CC1. The van der Waals surface area contributed by atoms with Gasteiger partial charge in [0.25, 0.3) is 5.91 Å². The first kappa shape index (κ1) is 16.9. The van der Waals surface area contributed by atoms with Crippen molar-refractivity contribution >= 4 is 28.4 Å². The van der Waals surface area contributed by atoms with Crippen LogP contribution in [0.2, 0.25) is 5.15 Å². The number of halogens is 1. The van der Waals surface area contributed by atoms with Gasteiger partial charge in [0.1, 0.15) is 5.15 Å². The second-order valence-electron chi connectivity index (χ2n) is 6.43. The number of pyridine rings is 2. The van der Waals surface area contributed by atoms with Crippen molar-refractivity contribution in [1.29, 1.82) is 0 Å². The summed E-state index contributed by atoms with van der Waals surface area (Å²) in [6.07, 6.45) is 3.38. The molecule has 3 heterocycles. The van der Waals surface area contributed by atoms with E-state index in [1.807, 2.05) is 17.2 Å². The summed E-state index contributed by atoms with van der Waals surface area (Å²) in [6.45, 7) is 3.95. The molecule has 0 aliphatic carbocycles. The molecule has 1 aliphatic rings. The Balaban J connectivity index is 1.40. The summed E-state index contributed by atoms with van der Waals surface area (Å²) in [5.74, 6) is 0.0145. The van der Waals surface area contributed by atoms with E-state index in [-0.39, 0.29) is 5.91 Å². The van der Waals surface area contributed by atoms with Gasteiger partial charge in [0.05, 0.1) is 11.1 Å². The zero-order valence-electron chi connectivity index (χ0n) is 14.3. The number of benzene rings is 1. The van der Waals surface area contributed by atoms with Gasteiger partial charge < -0.3 is 4.90 Å². The van der Waals surface area contributed by atoms with Crippen LogP contribution in [0, 0.1) is 0 Å². The van der Waals surface area contributed by atoms with E-state index in [4.69, 9.17) is 11.6 Å². The Labute approximate surface area is 157 Å². The lowest BCUT2D eigenvalue weighted by Gasteiger charge is -2.34. The van der Waals surface area contributed by atoms with Crippen LogP contribution >= 0.6 is 11.6 Å². The van der Waals surface area contributed by atoms with Crippen LogP contribution in [0.25, 0.3) is 10.9 Å². The molecule has 0 unspecified atom stereocenters. The molecule has 0 saturated carbocycles. The quantitative estimate of drug-likeness (QED) is 0.668. The minimum atomic E-state index is 0.0145. The highest BCUT2D eigenvalue weighted by molar-refractivity contribution is 6.29. The van der Waals surface area contributed by atoms with Crippen molar-refractivity contribution in [2.45, 2.75) is 6.54 Å². The molecule has 5 nitrogen and oxygen atoms in total. The Hall–Kier alpha value is -2.50. The number of hydrogen-bond acceptors (Lipinski definition) is 4. The van der Waals surface area contributed by atoms with Gasteiger partial charge in [-0.05, 0) is 23.8 Å². The number of rotatable bonds is 3. The highest BCUT2D eigenvalue weighted by atomic mass is 35.5. The van der Waals surface area contributed by atoms with Gasteiger partial charge >= 0.3 is 0 Å². The van der Waals surface area contributed by atoms with Gasteiger partial charge in [-0.25, -0.2) is 4.98 Å². The maximum atomic E-state index is 12.6. The summed E-state index contributed by atoms with van der Waals surface area (Å²) in [5.41, 5.74) is 2.87. The monoisotopic (exact) mass is 366 g/mol. The number of nitrogens with zero attached hydrogens (tertiary/aromatic N) is 4. The molecule has 0 atom stereocenters. The molecule has 4 rings (SSSR count). The first-order valence-corrected chi connectivity index (χ1v) is 9.04. The predicted molar refractivity (Wildman–Crippen MR) is 102 cm³/mol. The first-order valence-electron chi connectivity index (χ1n) is 8.66. The second kappa shape index (κ2) is 7.40.